The molecule has 1 aliphatic carbocycles. The Morgan fingerprint density at radius 1 is 1.10 bits per heavy atom. The molecular formula is C24H30N2O3S2. The molecular weight excluding hydrogens is 428 g/mol. The van der Waals surface area contributed by atoms with Crippen molar-refractivity contribution in [3.05, 3.63) is 35.4 Å². The molecule has 7 heteroatoms. The topological polar surface area (TPSA) is 57.7 Å². The van der Waals surface area contributed by atoms with E-state index in [-0.39, 0.29) is 28.6 Å². The van der Waals surface area contributed by atoms with Gasteiger partial charge in [-0.1, -0.05) is 62.1 Å². The number of thiocarbonyl (C=S) groups is 1. The molecule has 1 amide bonds. The van der Waals surface area contributed by atoms with Gasteiger partial charge in [-0.3, -0.25) is 14.4 Å². The minimum absolute atomic E-state index is 0.0407. The van der Waals surface area contributed by atoms with E-state index in [1.54, 1.807) is 4.90 Å². The molecule has 1 atom stereocenters. The van der Waals surface area contributed by atoms with Crippen molar-refractivity contribution in [1.82, 2.24) is 9.80 Å². The quantitative estimate of drug-likeness (QED) is 0.507. The number of amides is 1. The van der Waals surface area contributed by atoms with Gasteiger partial charge in [-0.05, 0) is 35.8 Å². The Bertz CT molecular complexity index is 888. The molecule has 1 saturated heterocycles. The summed E-state index contributed by atoms with van der Waals surface area (Å²) in [4.78, 5) is 43.6. The number of benzene rings is 1. The summed E-state index contributed by atoms with van der Waals surface area (Å²) in [6.45, 7) is 6.37. The van der Waals surface area contributed by atoms with E-state index in [9.17, 15) is 14.4 Å². The van der Waals surface area contributed by atoms with Crippen molar-refractivity contribution < 1.29 is 14.4 Å². The minimum Gasteiger partial charge on any atom is -0.358 e. The molecule has 2 heterocycles. The van der Waals surface area contributed by atoms with E-state index in [4.69, 9.17) is 12.2 Å². The number of nitrogens with zero attached hydrogens (tertiary/aromatic N) is 2. The van der Waals surface area contributed by atoms with Crippen LogP contribution in [0.5, 0.6) is 0 Å². The molecule has 0 N–H and O–H groups in total. The zero-order valence-corrected chi connectivity index (χ0v) is 19.9. The molecule has 0 bridgehead atoms. The van der Waals surface area contributed by atoms with Crippen LogP contribution in [0.4, 0.5) is 0 Å². The van der Waals surface area contributed by atoms with Gasteiger partial charge in [-0.15, -0.1) is 0 Å². The normalized spacial score (nSPS) is 23.7. The van der Waals surface area contributed by atoms with E-state index >= 15 is 0 Å². The first-order chi connectivity index (χ1) is 14.8. The Morgan fingerprint density at radius 2 is 1.74 bits per heavy atom. The highest BCUT2D eigenvalue weighted by atomic mass is 32.2. The first kappa shape index (κ1) is 22.5. The zero-order valence-electron chi connectivity index (χ0n) is 18.3. The molecule has 0 spiro atoms. The van der Waals surface area contributed by atoms with E-state index in [2.05, 4.69) is 4.90 Å². The number of rotatable bonds is 3. The van der Waals surface area contributed by atoms with Crippen LogP contribution >= 0.6 is 24.0 Å². The lowest BCUT2D eigenvalue weighted by Crippen LogP contribution is -2.50. The molecule has 0 aromatic heterocycles. The summed E-state index contributed by atoms with van der Waals surface area (Å²) in [5, 5.41) is 0. The summed E-state index contributed by atoms with van der Waals surface area (Å²) in [7, 11) is 0. The maximum Gasteiger partial charge on any atom is 0.233 e. The molecule has 1 aromatic carbocycles. The average molecular weight is 459 g/mol. The van der Waals surface area contributed by atoms with Crippen LogP contribution < -0.4 is 0 Å². The third-order valence-corrected chi connectivity index (χ3v) is 8.16. The first-order valence-corrected chi connectivity index (χ1v) is 12.5. The Kier molecular flexibility index (Phi) is 6.54. The monoisotopic (exact) mass is 458 g/mol. The van der Waals surface area contributed by atoms with Crippen LogP contribution in [0.3, 0.4) is 0 Å². The number of Topliss-reactive ketones (excluding diaryl/α,β-unsaturated/α-hetero) is 2. The number of fused-ring (bicyclic) bond motifs is 1. The molecule has 2 fully saturated rings. The predicted molar refractivity (Wildman–Crippen MR) is 127 cm³/mol. The highest BCUT2D eigenvalue weighted by Crippen LogP contribution is 2.43. The van der Waals surface area contributed by atoms with Crippen molar-refractivity contribution in [2.45, 2.75) is 52.0 Å². The summed E-state index contributed by atoms with van der Waals surface area (Å²) in [5.41, 5.74) is 1.76. The number of thioether (sulfide) groups is 1. The SMILES string of the molecule is CC1(C)CC(=O)C(C2c3ccccc3CCN2C(=O)CSC(=S)N2CCCC2)C(=O)C1. The highest BCUT2D eigenvalue weighted by Gasteiger charge is 2.48. The van der Waals surface area contributed by atoms with Crippen LogP contribution in [0.25, 0.3) is 0 Å². The zero-order chi connectivity index (χ0) is 22.2. The molecule has 166 valence electrons. The van der Waals surface area contributed by atoms with E-state index in [0.29, 0.717) is 19.4 Å². The average Bonchev–Trinajstić information content (AvgIpc) is 3.25. The lowest BCUT2D eigenvalue weighted by atomic mass is 9.67. The van der Waals surface area contributed by atoms with Crippen molar-refractivity contribution >= 4 is 45.8 Å². The largest absolute Gasteiger partial charge is 0.358 e. The third-order valence-electron chi connectivity index (χ3n) is 6.65. The van der Waals surface area contributed by atoms with Gasteiger partial charge < -0.3 is 9.80 Å². The molecule has 1 saturated carbocycles. The number of likely N-dealkylation sites (tertiary alicyclic amines) is 1. The standard InChI is InChI=1S/C24H30N2O3S2/c1-24(2)13-18(27)21(19(28)14-24)22-17-8-4-3-7-16(17)9-12-26(22)20(29)15-31-23(30)25-10-5-6-11-25/h3-4,7-8,21-22H,5-6,9-15H2,1-2H3. The van der Waals surface area contributed by atoms with Crippen LogP contribution in [0, 0.1) is 11.3 Å². The maximum absolute atomic E-state index is 13.3. The fourth-order valence-corrected chi connectivity index (χ4v) is 6.33. The second kappa shape index (κ2) is 9.02. The van der Waals surface area contributed by atoms with Crippen LogP contribution in [0.1, 0.15) is 56.7 Å². The van der Waals surface area contributed by atoms with Crippen LogP contribution in [0.2, 0.25) is 0 Å². The van der Waals surface area contributed by atoms with Crippen molar-refractivity contribution in [2.24, 2.45) is 11.3 Å². The smallest absolute Gasteiger partial charge is 0.233 e. The van der Waals surface area contributed by atoms with Crippen LogP contribution in [0.15, 0.2) is 24.3 Å². The van der Waals surface area contributed by atoms with E-state index < -0.39 is 12.0 Å². The number of carbonyl (C=O) groups excluding carboxylic acids is 3. The molecule has 31 heavy (non-hydrogen) atoms. The van der Waals surface area contributed by atoms with Gasteiger partial charge in [0.25, 0.3) is 0 Å². The van der Waals surface area contributed by atoms with Gasteiger partial charge in [-0.25, -0.2) is 0 Å². The van der Waals surface area contributed by atoms with E-state index in [1.165, 1.54) is 11.8 Å². The number of ketones is 2. The maximum atomic E-state index is 13.3. The minimum atomic E-state index is -0.769. The van der Waals surface area contributed by atoms with Gasteiger partial charge in [-0.2, -0.15) is 0 Å². The molecule has 0 radical (unpaired) electrons. The molecule has 1 aromatic rings. The Labute approximate surface area is 193 Å². The second-order valence-electron chi connectivity index (χ2n) is 9.66. The van der Waals surface area contributed by atoms with Gasteiger partial charge >= 0.3 is 0 Å². The Balaban J connectivity index is 1.57. The molecule has 1 unspecified atom stereocenters. The van der Waals surface area contributed by atoms with Crippen molar-refractivity contribution in [2.75, 3.05) is 25.4 Å². The van der Waals surface area contributed by atoms with Gasteiger partial charge in [0.15, 0.2) is 0 Å². The van der Waals surface area contributed by atoms with Crippen molar-refractivity contribution in [1.29, 1.82) is 0 Å². The highest BCUT2D eigenvalue weighted by molar-refractivity contribution is 8.23. The predicted octanol–water partition coefficient (Wildman–Crippen LogP) is 3.80. The summed E-state index contributed by atoms with van der Waals surface area (Å²) < 4.78 is 0.770. The van der Waals surface area contributed by atoms with Gasteiger partial charge in [0.05, 0.1) is 11.8 Å². The van der Waals surface area contributed by atoms with Gasteiger partial charge in [0, 0.05) is 32.5 Å². The second-order valence-corrected chi connectivity index (χ2v) is 11.3. The third kappa shape index (κ3) is 4.72. The van der Waals surface area contributed by atoms with Crippen molar-refractivity contribution in [3.63, 3.8) is 0 Å². The molecule has 2 aliphatic heterocycles. The summed E-state index contributed by atoms with van der Waals surface area (Å²) in [6.07, 6.45) is 3.76. The Hall–Kier alpha value is -1.73. The van der Waals surface area contributed by atoms with Crippen molar-refractivity contribution in [3.8, 4) is 0 Å². The lowest BCUT2D eigenvalue weighted by molar-refractivity contribution is -0.146. The first-order valence-electron chi connectivity index (χ1n) is 11.1. The molecule has 3 aliphatic rings. The Morgan fingerprint density at radius 3 is 2.42 bits per heavy atom. The number of hydrogen-bond acceptors (Lipinski definition) is 5. The van der Waals surface area contributed by atoms with Gasteiger partial charge in [0.1, 0.15) is 21.8 Å². The fourth-order valence-electron chi connectivity index (χ4n) is 5.19. The molecule has 5 nitrogen and oxygen atoms in total. The van der Waals surface area contributed by atoms with E-state index in [1.807, 2.05) is 38.1 Å². The summed E-state index contributed by atoms with van der Waals surface area (Å²) in [6, 6.07) is 7.42. The van der Waals surface area contributed by atoms with Crippen LogP contribution in [-0.4, -0.2) is 57.0 Å². The fraction of sp³-hybridized carbons (Fsp3) is 0.583. The number of hydrogen-bond donors (Lipinski definition) is 0. The molecule has 4 rings (SSSR count). The summed E-state index contributed by atoms with van der Waals surface area (Å²) in [5.74, 6) is -0.651. The lowest BCUT2D eigenvalue weighted by Gasteiger charge is -2.43. The summed E-state index contributed by atoms with van der Waals surface area (Å²) >= 11 is 6.93. The van der Waals surface area contributed by atoms with Crippen LogP contribution in [-0.2, 0) is 20.8 Å². The van der Waals surface area contributed by atoms with Gasteiger partial charge in [0.2, 0.25) is 5.91 Å². The number of carbonyl (C=O) groups is 3. The van der Waals surface area contributed by atoms with E-state index in [0.717, 1.165) is 47.8 Å².